The van der Waals surface area contributed by atoms with Crippen LogP contribution >= 0.6 is 28.6 Å². The lowest BCUT2D eigenvalue weighted by atomic mass is 10.3. The van der Waals surface area contributed by atoms with Gasteiger partial charge in [0.2, 0.25) is 0 Å². The molecule has 0 spiro atoms. The van der Waals surface area contributed by atoms with Crippen LogP contribution in [0.25, 0.3) is 0 Å². The molecule has 0 aliphatic heterocycles. The maximum Gasteiger partial charge on any atom is 0.299 e. The predicted octanol–water partition coefficient (Wildman–Crippen LogP) is 2.79. The van der Waals surface area contributed by atoms with Crippen LogP contribution in [0.2, 0.25) is 0 Å². The molecule has 0 aliphatic carbocycles. The average Bonchev–Trinajstić information content (AvgIpc) is 1.97. The van der Waals surface area contributed by atoms with Gasteiger partial charge in [0.25, 0.3) is 5.69 Å². The quantitative estimate of drug-likeness (QED) is 0.474. The van der Waals surface area contributed by atoms with E-state index in [1.807, 2.05) is 0 Å². The van der Waals surface area contributed by atoms with Gasteiger partial charge in [-0.3, -0.25) is 10.1 Å². The number of halogens is 2. The molecule has 12 heavy (non-hydrogen) atoms. The smallest absolute Gasteiger partial charge is 0.258 e. The third-order valence-corrected chi connectivity index (χ3v) is 2.30. The molecule has 0 saturated heterocycles. The van der Waals surface area contributed by atoms with Crippen LogP contribution in [0.1, 0.15) is 0 Å². The molecule has 0 aliphatic rings. The Morgan fingerprint density at radius 3 is 2.58 bits per heavy atom. The van der Waals surface area contributed by atoms with E-state index in [0.717, 1.165) is 6.07 Å². The molecule has 1 aromatic rings. The first kappa shape index (κ1) is 9.47. The Labute approximate surface area is 81.3 Å². The SMILES string of the molecule is O=[N+]([O-])c1c(Br)ccc(F)c1S. The predicted molar refractivity (Wildman–Crippen MR) is 48.0 cm³/mol. The van der Waals surface area contributed by atoms with E-state index in [2.05, 4.69) is 28.6 Å². The molecule has 6 heteroatoms. The Bertz CT molecular complexity index is 345. The summed E-state index contributed by atoms with van der Waals surface area (Å²) in [7, 11) is 0. The summed E-state index contributed by atoms with van der Waals surface area (Å²) in [6, 6.07) is 2.38. The summed E-state index contributed by atoms with van der Waals surface area (Å²) in [4.78, 5) is 9.41. The highest BCUT2D eigenvalue weighted by Crippen LogP contribution is 2.32. The van der Waals surface area contributed by atoms with Crippen molar-refractivity contribution in [3.63, 3.8) is 0 Å². The molecule has 3 nitrogen and oxygen atoms in total. The summed E-state index contributed by atoms with van der Waals surface area (Å²) in [5.74, 6) is -0.701. The Morgan fingerprint density at radius 2 is 2.17 bits per heavy atom. The first-order valence-corrected chi connectivity index (χ1v) is 4.09. The van der Waals surface area contributed by atoms with E-state index in [1.165, 1.54) is 6.07 Å². The molecule has 0 fully saturated rings. The highest BCUT2D eigenvalue weighted by molar-refractivity contribution is 9.10. The van der Waals surface area contributed by atoms with Gasteiger partial charge in [-0.25, -0.2) is 4.39 Å². The number of hydrogen-bond donors (Lipinski definition) is 1. The van der Waals surface area contributed by atoms with Crippen molar-refractivity contribution in [3.8, 4) is 0 Å². The highest BCUT2D eigenvalue weighted by Gasteiger charge is 2.19. The summed E-state index contributed by atoms with van der Waals surface area (Å²) in [5, 5.41) is 10.4. The van der Waals surface area contributed by atoms with E-state index in [4.69, 9.17) is 0 Å². The molecule has 0 bridgehead atoms. The molecule has 1 aromatic carbocycles. The molecule has 0 heterocycles. The van der Waals surface area contributed by atoms with Crippen molar-refractivity contribution in [2.75, 3.05) is 0 Å². The zero-order valence-corrected chi connectivity index (χ0v) is 8.10. The van der Waals surface area contributed by atoms with E-state index in [1.54, 1.807) is 0 Å². The van der Waals surface area contributed by atoms with Gasteiger partial charge in [-0.05, 0) is 28.1 Å². The molecule has 0 radical (unpaired) electrons. The van der Waals surface area contributed by atoms with Crippen molar-refractivity contribution in [2.24, 2.45) is 0 Å². The number of nitrogens with zero attached hydrogens (tertiary/aromatic N) is 1. The number of benzene rings is 1. The Hall–Kier alpha value is -0.620. The van der Waals surface area contributed by atoms with Gasteiger partial charge >= 0.3 is 0 Å². The van der Waals surface area contributed by atoms with E-state index >= 15 is 0 Å². The molecular weight excluding hydrogens is 249 g/mol. The number of hydrogen-bond acceptors (Lipinski definition) is 3. The largest absolute Gasteiger partial charge is 0.299 e. The van der Waals surface area contributed by atoms with Crippen LogP contribution in [-0.2, 0) is 0 Å². The summed E-state index contributed by atoms with van der Waals surface area (Å²) in [6.07, 6.45) is 0. The van der Waals surface area contributed by atoms with Gasteiger partial charge in [-0.2, -0.15) is 0 Å². The molecule has 0 saturated carbocycles. The Kier molecular flexibility index (Phi) is 2.69. The van der Waals surface area contributed by atoms with Gasteiger partial charge in [0, 0.05) is 0 Å². The maximum absolute atomic E-state index is 12.7. The molecule has 0 atom stereocenters. The van der Waals surface area contributed by atoms with Crippen LogP contribution in [0.5, 0.6) is 0 Å². The number of nitro benzene ring substituents is 1. The number of nitro groups is 1. The van der Waals surface area contributed by atoms with Crippen molar-refractivity contribution in [3.05, 3.63) is 32.5 Å². The first-order valence-electron chi connectivity index (χ1n) is 2.85. The summed E-state index contributed by atoms with van der Waals surface area (Å²) in [6.45, 7) is 0. The second-order valence-electron chi connectivity index (χ2n) is 1.98. The van der Waals surface area contributed by atoms with Gasteiger partial charge in [-0.1, -0.05) is 0 Å². The summed E-state index contributed by atoms with van der Waals surface area (Å²) < 4.78 is 12.9. The fourth-order valence-electron chi connectivity index (χ4n) is 0.704. The number of thiol groups is 1. The van der Waals surface area contributed by atoms with E-state index < -0.39 is 10.7 Å². The lowest BCUT2D eigenvalue weighted by Crippen LogP contribution is -1.93. The lowest BCUT2D eigenvalue weighted by molar-refractivity contribution is -0.388. The van der Waals surface area contributed by atoms with E-state index in [9.17, 15) is 14.5 Å². The minimum atomic E-state index is -0.701. The number of rotatable bonds is 1. The third-order valence-electron chi connectivity index (χ3n) is 1.24. The van der Waals surface area contributed by atoms with Crippen LogP contribution in [0.15, 0.2) is 21.5 Å². The normalized spacial score (nSPS) is 9.92. The summed E-state index contributed by atoms with van der Waals surface area (Å²) in [5.41, 5.74) is -0.349. The van der Waals surface area contributed by atoms with Crippen LogP contribution in [-0.4, -0.2) is 4.92 Å². The van der Waals surface area contributed by atoms with E-state index in [0.29, 0.717) is 0 Å². The monoisotopic (exact) mass is 251 g/mol. The van der Waals surface area contributed by atoms with Crippen molar-refractivity contribution in [1.29, 1.82) is 0 Å². The minimum absolute atomic E-state index is 0.221. The van der Waals surface area contributed by atoms with Crippen LogP contribution < -0.4 is 0 Å². The zero-order valence-electron chi connectivity index (χ0n) is 5.62. The van der Waals surface area contributed by atoms with Gasteiger partial charge < -0.3 is 0 Å². The van der Waals surface area contributed by atoms with Crippen molar-refractivity contribution >= 4 is 34.2 Å². The van der Waals surface area contributed by atoms with Crippen molar-refractivity contribution in [1.82, 2.24) is 0 Å². The van der Waals surface area contributed by atoms with Gasteiger partial charge in [-0.15, -0.1) is 12.6 Å². The van der Waals surface area contributed by atoms with Crippen LogP contribution in [0.4, 0.5) is 10.1 Å². The zero-order chi connectivity index (χ0) is 9.30. The fraction of sp³-hybridized carbons (Fsp3) is 0. The molecule has 0 amide bonds. The van der Waals surface area contributed by atoms with Gasteiger partial charge in [0.15, 0.2) is 0 Å². The lowest BCUT2D eigenvalue weighted by Gasteiger charge is -1.98. The second kappa shape index (κ2) is 3.40. The second-order valence-corrected chi connectivity index (χ2v) is 3.29. The van der Waals surface area contributed by atoms with Crippen molar-refractivity contribution in [2.45, 2.75) is 4.90 Å². The molecule has 0 aromatic heterocycles. The standard InChI is InChI=1S/C6H3BrFNO2S/c7-3-1-2-4(8)6(12)5(3)9(10)11/h1-2,12H. The molecule has 1 rings (SSSR count). The highest BCUT2D eigenvalue weighted by atomic mass is 79.9. The molecule has 0 unspecified atom stereocenters. The molecule has 64 valence electrons. The maximum atomic E-state index is 12.7. The first-order chi connectivity index (χ1) is 5.54. The van der Waals surface area contributed by atoms with Crippen molar-refractivity contribution < 1.29 is 9.31 Å². The van der Waals surface area contributed by atoms with E-state index in [-0.39, 0.29) is 15.1 Å². The Balaban J connectivity index is 3.43. The third kappa shape index (κ3) is 1.59. The summed E-state index contributed by atoms with van der Waals surface area (Å²) >= 11 is 6.60. The molecule has 0 N–H and O–H groups in total. The fourth-order valence-corrected chi connectivity index (χ4v) is 1.61. The van der Waals surface area contributed by atoms with Gasteiger partial charge in [0.05, 0.1) is 9.40 Å². The average molecular weight is 252 g/mol. The van der Waals surface area contributed by atoms with Crippen LogP contribution in [0.3, 0.4) is 0 Å². The Morgan fingerprint density at radius 1 is 1.58 bits per heavy atom. The molecular formula is C6H3BrFNO2S. The van der Waals surface area contributed by atoms with Crippen LogP contribution in [0, 0.1) is 15.9 Å². The topological polar surface area (TPSA) is 43.1 Å². The minimum Gasteiger partial charge on any atom is -0.258 e. The van der Waals surface area contributed by atoms with Gasteiger partial charge in [0.1, 0.15) is 10.7 Å².